The van der Waals surface area contributed by atoms with Crippen LogP contribution in [0.2, 0.25) is 0 Å². The van der Waals surface area contributed by atoms with Gasteiger partial charge in [-0.3, -0.25) is 4.68 Å². The standard InChI is InChI=1S/C21H25N3O3S/c1-4-24-11-13(10-22-24)17-16(19(21(25)26)27-5-2)12(3)23-20-18(17)14-8-6-7-9-15(14)28-20/h10-11,19H,4-9H2,1-3H3,(H,25,26). The van der Waals surface area contributed by atoms with Crippen LogP contribution in [-0.4, -0.2) is 32.4 Å². The molecule has 7 heteroatoms. The molecule has 4 rings (SSSR count). The Balaban J connectivity index is 2.08. The quantitative estimate of drug-likeness (QED) is 0.659. The zero-order valence-electron chi connectivity index (χ0n) is 16.5. The van der Waals surface area contributed by atoms with Crippen LogP contribution in [0.3, 0.4) is 0 Å². The minimum atomic E-state index is -1.04. The zero-order chi connectivity index (χ0) is 19.8. The Labute approximate surface area is 168 Å². The predicted molar refractivity (Wildman–Crippen MR) is 110 cm³/mol. The van der Waals surface area contributed by atoms with E-state index in [1.54, 1.807) is 11.3 Å². The number of carbonyl (C=O) groups is 1. The Morgan fingerprint density at radius 2 is 2.14 bits per heavy atom. The van der Waals surface area contributed by atoms with Gasteiger partial charge in [0.05, 0.1) is 6.20 Å². The first-order valence-corrected chi connectivity index (χ1v) is 10.7. The average Bonchev–Trinajstić information content (AvgIpc) is 3.29. The molecule has 148 valence electrons. The highest BCUT2D eigenvalue weighted by atomic mass is 32.1. The Morgan fingerprint density at radius 1 is 1.36 bits per heavy atom. The molecule has 28 heavy (non-hydrogen) atoms. The van der Waals surface area contributed by atoms with Gasteiger partial charge in [0.15, 0.2) is 6.10 Å². The fraction of sp³-hybridized carbons (Fsp3) is 0.476. The van der Waals surface area contributed by atoms with Crippen molar-refractivity contribution in [2.45, 2.75) is 59.1 Å². The number of ether oxygens (including phenoxy) is 1. The molecule has 0 aromatic carbocycles. The number of thiophene rings is 1. The van der Waals surface area contributed by atoms with Crippen molar-refractivity contribution in [3.05, 3.63) is 34.1 Å². The van der Waals surface area contributed by atoms with Gasteiger partial charge < -0.3 is 9.84 Å². The maximum Gasteiger partial charge on any atom is 0.337 e. The van der Waals surface area contributed by atoms with Crippen LogP contribution in [0.15, 0.2) is 12.4 Å². The van der Waals surface area contributed by atoms with Gasteiger partial charge in [0.1, 0.15) is 4.83 Å². The Hall–Kier alpha value is -2.25. The van der Waals surface area contributed by atoms with Gasteiger partial charge in [-0.15, -0.1) is 11.3 Å². The van der Waals surface area contributed by atoms with Gasteiger partial charge in [-0.1, -0.05) is 0 Å². The van der Waals surface area contributed by atoms with Gasteiger partial charge in [-0.2, -0.15) is 5.10 Å². The molecule has 0 saturated carbocycles. The monoisotopic (exact) mass is 399 g/mol. The van der Waals surface area contributed by atoms with Crippen molar-refractivity contribution in [1.29, 1.82) is 0 Å². The van der Waals surface area contributed by atoms with E-state index in [1.807, 2.05) is 37.8 Å². The van der Waals surface area contributed by atoms with Crippen molar-refractivity contribution in [1.82, 2.24) is 14.8 Å². The lowest BCUT2D eigenvalue weighted by Gasteiger charge is -2.20. The third-order valence-electron chi connectivity index (χ3n) is 5.40. The van der Waals surface area contributed by atoms with Crippen molar-refractivity contribution in [3.63, 3.8) is 0 Å². The number of hydrogen-bond donors (Lipinski definition) is 1. The number of hydrogen-bond acceptors (Lipinski definition) is 5. The first-order valence-electron chi connectivity index (χ1n) is 9.87. The summed E-state index contributed by atoms with van der Waals surface area (Å²) < 4.78 is 7.54. The number of carboxylic acid groups (broad SMARTS) is 1. The van der Waals surface area contributed by atoms with Crippen LogP contribution in [0.4, 0.5) is 0 Å². The third-order valence-corrected chi connectivity index (χ3v) is 6.58. The van der Waals surface area contributed by atoms with Gasteiger partial charge in [0.2, 0.25) is 0 Å². The summed E-state index contributed by atoms with van der Waals surface area (Å²) in [6.45, 7) is 6.83. The summed E-state index contributed by atoms with van der Waals surface area (Å²) in [5.41, 5.74) is 4.57. The van der Waals surface area contributed by atoms with Crippen LogP contribution < -0.4 is 0 Å². The second kappa shape index (κ2) is 7.64. The van der Waals surface area contributed by atoms with Crippen LogP contribution >= 0.6 is 11.3 Å². The molecule has 1 aliphatic rings. The lowest BCUT2D eigenvalue weighted by atomic mass is 9.89. The van der Waals surface area contributed by atoms with Crippen LogP contribution in [0.5, 0.6) is 0 Å². The van der Waals surface area contributed by atoms with E-state index in [2.05, 4.69) is 5.10 Å². The Bertz CT molecular complexity index is 1040. The summed E-state index contributed by atoms with van der Waals surface area (Å²) in [4.78, 5) is 19.3. The van der Waals surface area contributed by atoms with Crippen LogP contribution in [0.25, 0.3) is 21.3 Å². The molecule has 0 amide bonds. The van der Waals surface area contributed by atoms with Crippen molar-refractivity contribution in [2.24, 2.45) is 0 Å². The predicted octanol–water partition coefficient (Wildman–Crippen LogP) is 4.53. The van der Waals surface area contributed by atoms with E-state index >= 15 is 0 Å². The molecular formula is C21H25N3O3S. The topological polar surface area (TPSA) is 77.2 Å². The van der Waals surface area contributed by atoms with E-state index < -0.39 is 12.1 Å². The van der Waals surface area contributed by atoms with E-state index in [0.29, 0.717) is 17.9 Å². The van der Waals surface area contributed by atoms with E-state index in [9.17, 15) is 9.90 Å². The lowest BCUT2D eigenvalue weighted by Crippen LogP contribution is -2.18. The highest BCUT2D eigenvalue weighted by Gasteiger charge is 2.31. The molecule has 0 radical (unpaired) electrons. The van der Waals surface area contributed by atoms with Gasteiger partial charge in [0, 0.05) is 52.0 Å². The van der Waals surface area contributed by atoms with Crippen LogP contribution in [0.1, 0.15) is 54.5 Å². The minimum Gasteiger partial charge on any atom is -0.479 e. The molecule has 0 saturated heterocycles. The van der Waals surface area contributed by atoms with Gasteiger partial charge >= 0.3 is 5.97 Å². The van der Waals surface area contributed by atoms with Crippen molar-refractivity contribution < 1.29 is 14.6 Å². The molecule has 0 aliphatic heterocycles. The molecule has 6 nitrogen and oxygen atoms in total. The molecule has 1 atom stereocenters. The summed E-state index contributed by atoms with van der Waals surface area (Å²) >= 11 is 1.75. The number of fused-ring (bicyclic) bond motifs is 3. The fourth-order valence-corrected chi connectivity index (χ4v) is 5.46. The smallest absolute Gasteiger partial charge is 0.337 e. The van der Waals surface area contributed by atoms with Gasteiger partial charge in [-0.05, 0) is 52.0 Å². The maximum atomic E-state index is 12.1. The fourth-order valence-electron chi connectivity index (χ4n) is 4.15. The number of carboxylic acids is 1. The largest absolute Gasteiger partial charge is 0.479 e. The number of aromatic nitrogens is 3. The normalized spacial score (nSPS) is 15.0. The molecular weight excluding hydrogens is 374 g/mol. The number of nitrogens with zero attached hydrogens (tertiary/aromatic N) is 3. The summed E-state index contributed by atoms with van der Waals surface area (Å²) in [5, 5.41) is 15.4. The second-order valence-electron chi connectivity index (χ2n) is 7.14. The summed E-state index contributed by atoms with van der Waals surface area (Å²) in [6.07, 6.45) is 7.23. The summed E-state index contributed by atoms with van der Waals surface area (Å²) in [6, 6.07) is 0. The summed E-state index contributed by atoms with van der Waals surface area (Å²) in [7, 11) is 0. The van der Waals surface area contributed by atoms with E-state index in [4.69, 9.17) is 9.72 Å². The molecule has 0 fully saturated rings. The molecule has 0 bridgehead atoms. The third kappa shape index (κ3) is 3.12. The van der Waals surface area contributed by atoms with Crippen molar-refractivity contribution in [2.75, 3.05) is 6.61 Å². The molecule has 1 N–H and O–H groups in total. The number of pyridine rings is 1. The highest BCUT2D eigenvalue weighted by molar-refractivity contribution is 7.19. The molecule has 1 unspecified atom stereocenters. The lowest BCUT2D eigenvalue weighted by molar-refractivity contribution is -0.150. The number of aryl methyl sites for hydroxylation is 4. The maximum absolute atomic E-state index is 12.1. The van der Waals surface area contributed by atoms with E-state index in [1.165, 1.54) is 16.9 Å². The zero-order valence-corrected chi connectivity index (χ0v) is 17.3. The van der Waals surface area contributed by atoms with Crippen molar-refractivity contribution in [3.8, 4) is 11.1 Å². The Morgan fingerprint density at radius 3 is 2.82 bits per heavy atom. The minimum absolute atomic E-state index is 0.323. The highest BCUT2D eigenvalue weighted by Crippen LogP contribution is 2.45. The van der Waals surface area contributed by atoms with Crippen LogP contribution in [0, 0.1) is 6.92 Å². The molecule has 3 aromatic rings. The second-order valence-corrected chi connectivity index (χ2v) is 8.22. The molecule has 1 aliphatic carbocycles. The van der Waals surface area contributed by atoms with Gasteiger partial charge in [0.25, 0.3) is 0 Å². The molecule has 3 heterocycles. The Kier molecular flexibility index (Phi) is 5.21. The average molecular weight is 400 g/mol. The van der Waals surface area contributed by atoms with E-state index in [-0.39, 0.29) is 0 Å². The first kappa shape index (κ1) is 19.1. The van der Waals surface area contributed by atoms with E-state index in [0.717, 1.165) is 47.2 Å². The SMILES string of the molecule is CCOC(C(=O)O)c1c(C)nc2sc3c(c2c1-c1cnn(CC)c1)CCCC3. The molecule has 3 aromatic heterocycles. The number of aliphatic carboxylic acids is 1. The van der Waals surface area contributed by atoms with Crippen molar-refractivity contribution >= 4 is 27.5 Å². The first-order chi connectivity index (χ1) is 13.5. The van der Waals surface area contributed by atoms with Crippen LogP contribution in [-0.2, 0) is 28.9 Å². The summed E-state index contributed by atoms with van der Waals surface area (Å²) in [5.74, 6) is -0.987. The van der Waals surface area contributed by atoms with Gasteiger partial charge in [-0.25, -0.2) is 9.78 Å². The molecule has 0 spiro atoms. The number of rotatable bonds is 6.